The van der Waals surface area contributed by atoms with Crippen LogP contribution in [0.5, 0.6) is 0 Å². The molecule has 2 aliphatic heterocycles. The molecule has 0 saturated carbocycles. The number of ether oxygens (including phenoxy) is 1. The lowest BCUT2D eigenvalue weighted by atomic mass is 9.93. The highest BCUT2D eigenvalue weighted by molar-refractivity contribution is 7.09. The Bertz CT molecular complexity index is 435. The number of nitrogens with zero attached hydrogens (tertiary/aromatic N) is 1. The Balaban J connectivity index is 1.41. The standard InChI is InChI=1S/C16H24N2O2S/c19-16(17-14-5-9-20-10-6-14)18-7-3-13(4-8-18)12-15-2-1-11-21-15/h1-2,11,13-14H,3-10,12H2,(H,17,19). The van der Waals surface area contributed by atoms with Crippen molar-refractivity contribution >= 4 is 17.4 Å². The van der Waals surface area contributed by atoms with Crippen LogP contribution in [0.2, 0.25) is 0 Å². The van der Waals surface area contributed by atoms with Crippen molar-refractivity contribution in [3.63, 3.8) is 0 Å². The fourth-order valence-electron chi connectivity index (χ4n) is 3.16. The first kappa shape index (κ1) is 14.9. The molecule has 0 radical (unpaired) electrons. The molecule has 0 spiro atoms. The van der Waals surface area contributed by atoms with E-state index in [4.69, 9.17) is 4.74 Å². The SMILES string of the molecule is O=C(NC1CCOCC1)N1CCC(Cc2cccs2)CC1. The molecule has 2 amide bonds. The highest BCUT2D eigenvalue weighted by Crippen LogP contribution is 2.24. The molecule has 2 saturated heterocycles. The molecule has 21 heavy (non-hydrogen) atoms. The maximum Gasteiger partial charge on any atom is 0.317 e. The van der Waals surface area contributed by atoms with Crippen molar-refractivity contribution in [2.75, 3.05) is 26.3 Å². The fourth-order valence-corrected chi connectivity index (χ4v) is 3.98. The smallest absolute Gasteiger partial charge is 0.317 e. The van der Waals surface area contributed by atoms with Crippen LogP contribution in [0.1, 0.15) is 30.6 Å². The lowest BCUT2D eigenvalue weighted by Crippen LogP contribution is -2.49. The average molecular weight is 308 g/mol. The van der Waals surface area contributed by atoms with Crippen molar-refractivity contribution in [2.45, 2.75) is 38.1 Å². The summed E-state index contributed by atoms with van der Waals surface area (Å²) in [5.74, 6) is 0.732. The number of likely N-dealkylation sites (tertiary alicyclic amines) is 1. The molecular weight excluding hydrogens is 284 g/mol. The van der Waals surface area contributed by atoms with E-state index in [1.54, 1.807) is 0 Å². The zero-order chi connectivity index (χ0) is 14.5. The van der Waals surface area contributed by atoms with Crippen LogP contribution in [0.4, 0.5) is 4.79 Å². The molecule has 1 N–H and O–H groups in total. The van der Waals surface area contributed by atoms with Crippen LogP contribution >= 0.6 is 11.3 Å². The number of piperidine rings is 1. The van der Waals surface area contributed by atoms with Crippen molar-refractivity contribution < 1.29 is 9.53 Å². The minimum absolute atomic E-state index is 0.122. The van der Waals surface area contributed by atoms with Crippen molar-refractivity contribution in [1.82, 2.24) is 10.2 Å². The largest absolute Gasteiger partial charge is 0.381 e. The van der Waals surface area contributed by atoms with Crippen LogP contribution in [0.25, 0.3) is 0 Å². The number of amides is 2. The van der Waals surface area contributed by atoms with E-state index in [0.717, 1.165) is 57.9 Å². The van der Waals surface area contributed by atoms with Gasteiger partial charge in [0.1, 0.15) is 0 Å². The molecule has 0 bridgehead atoms. The first-order valence-electron chi connectivity index (χ1n) is 7.97. The van der Waals surface area contributed by atoms with Gasteiger partial charge in [0.2, 0.25) is 0 Å². The average Bonchev–Trinajstić information content (AvgIpc) is 3.02. The van der Waals surface area contributed by atoms with Crippen LogP contribution in [-0.4, -0.2) is 43.3 Å². The Kier molecular flexibility index (Phi) is 5.14. The van der Waals surface area contributed by atoms with Crippen LogP contribution < -0.4 is 5.32 Å². The van der Waals surface area contributed by atoms with Gasteiger partial charge in [0, 0.05) is 37.2 Å². The molecular formula is C16H24N2O2S. The zero-order valence-electron chi connectivity index (χ0n) is 12.4. The molecule has 3 heterocycles. The van der Waals surface area contributed by atoms with Crippen LogP contribution in [0, 0.1) is 5.92 Å². The van der Waals surface area contributed by atoms with Gasteiger partial charge in [-0.25, -0.2) is 4.79 Å². The number of urea groups is 1. The Morgan fingerprint density at radius 3 is 2.71 bits per heavy atom. The van der Waals surface area contributed by atoms with Gasteiger partial charge in [0.15, 0.2) is 0 Å². The van der Waals surface area contributed by atoms with E-state index in [1.807, 2.05) is 16.2 Å². The molecule has 5 heteroatoms. The van der Waals surface area contributed by atoms with E-state index in [0.29, 0.717) is 6.04 Å². The van der Waals surface area contributed by atoms with Crippen molar-refractivity contribution in [2.24, 2.45) is 5.92 Å². The molecule has 0 unspecified atom stereocenters. The zero-order valence-corrected chi connectivity index (χ0v) is 13.2. The third kappa shape index (κ3) is 4.20. The highest BCUT2D eigenvalue weighted by atomic mass is 32.1. The maximum atomic E-state index is 12.3. The van der Waals surface area contributed by atoms with Gasteiger partial charge < -0.3 is 15.0 Å². The minimum atomic E-state index is 0.122. The Labute approximate surface area is 130 Å². The lowest BCUT2D eigenvalue weighted by Gasteiger charge is -2.33. The first-order chi connectivity index (χ1) is 10.3. The molecule has 0 aromatic carbocycles. The van der Waals surface area contributed by atoms with Gasteiger partial charge >= 0.3 is 6.03 Å². The van der Waals surface area contributed by atoms with E-state index in [1.165, 1.54) is 11.3 Å². The number of thiophene rings is 1. The van der Waals surface area contributed by atoms with Gasteiger partial charge in [-0.3, -0.25) is 0 Å². The summed E-state index contributed by atoms with van der Waals surface area (Å²) < 4.78 is 5.33. The highest BCUT2D eigenvalue weighted by Gasteiger charge is 2.25. The Morgan fingerprint density at radius 1 is 1.29 bits per heavy atom. The summed E-state index contributed by atoms with van der Waals surface area (Å²) >= 11 is 1.84. The molecule has 0 atom stereocenters. The molecule has 116 valence electrons. The second kappa shape index (κ2) is 7.27. The predicted molar refractivity (Wildman–Crippen MR) is 84.7 cm³/mol. The molecule has 1 aromatic rings. The van der Waals surface area contributed by atoms with E-state index >= 15 is 0 Å². The van der Waals surface area contributed by atoms with Gasteiger partial charge in [-0.15, -0.1) is 11.3 Å². The summed E-state index contributed by atoms with van der Waals surface area (Å²) in [5.41, 5.74) is 0. The van der Waals surface area contributed by atoms with E-state index in [9.17, 15) is 4.79 Å². The summed E-state index contributed by atoms with van der Waals surface area (Å²) in [4.78, 5) is 15.7. The lowest BCUT2D eigenvalue weighted by molar-refractivity contribution is 0.0771. The normalized spacial score (nSPS) is 21.4. The van der Waals surface area contributed by atoms with Gasteiger partial charge in [-0.2, -0.15) is 0 Å². The monoisotopic (exact) mass is 308 g/mol. The number of hydrogen-bond acceptors (Lipinski definition) is 3. The number of carbonyl (C=O) groups is 1. The predicted octanol–water partition coefficient (Wildman–Crippen LogP) is 2.89. The number of hydrogen-bond donors (Lipinski definition) is 1. The van der Waals surface area contributed by atoms with E-state index in [2.05, 4.69) is 22.8 Å². The summed E-state index contributed by atoms with van der Waals surface area (Å²) in [6.07, 6.45) is 5.31. The second-order valence-electron chi connectivity index (χ2n) is 6.05. The molecule has 0 aliphatic carbocycles. The van der Waals surface area contributed by atoms with Crippen molar-refractivity contribution in [3.8, 4) is 0 Å². The van der Waals surface area contributed by atoms with E-state index in [-0.39, 0.29) is 6.03 Å². The number of carbonyl (C=O) groups excluding carboxylic acids is 1. The van der Waals surface area contributed by atoms with Gasteiger partial charge in [0.05, 0.1) is 0 Å². The topological polar surface area (TPSA) is 41.6 Å². The summed E-state index contributed by atoms with van der Waals surface area (Å²) in [6.45, 7) is 3.33. The molecule has 2 fully saturated rings. The summed E-state index contributed by atoms with van der Waals surface area (Å²) in [6, 6.07) is 4.76. The molecule has 3 rings (SSSR count). The fraction of sp³-hybridized carbons (Fsp3) is 0.688. The van der Waals surface area contributed by atoms with E-state index < -0.39 is 0 Å². The quantitative estimate of drug-likeness (QED) is 0.933. The maximum absolute atomic E-state index is 12.3. The number of nitrogens with one attached hydrogen (secondary N) is 1. The van der Waals surface area contributed by atoms with Crippen molar-refractivity contribution in [3.05, 3.63) is 22.4 Å². The van der Waals surface area contributed by atoms with Crippen LogP contribution in [0.3, 0.4) is 0 Å². The second-order valence-corrected chi connectivity index (χ2v) is 7.08. The van der Waals surface area contributed by atoms with Gasteiger partial charge in [-0.1, -0.05) is 6.07 Å². The van der Waals surface area contributed by atoms with Crippen LogP contribution in [0.15, 0.2) is 17.5 Å². The minimum Gasteiger partial charge on any atom is -0.381 e. The Hall–Kier alpha value is -1.07. The van der Waals surface area contributed by atoms with Crippen molar-refractivity contribution in [1.29, 1.82) is 0 Å². The third-order valence-electron chi connectivity index (χ3n) is 4.52. The Morgan fingerprint density at radius 2 is 2.05 bits per heavy atom. The molecule has 1 aromatic heterocycles. The molecule has 2 aliphatic rings. The summed E-state index contributed by atoms with van der Waals surface area (Å²) in [5, 5.41) is 5.30. The summed E-state index contributed by atoms with van der Waals surface area (Å²) in [7, 11) is 0. The third-order valence-corrected chi connectivity index (χ3v) is 5.42. The van der Waals surface area contributed by atoms with Gasteiger partial charge in [0.25, 0.3) is 0 Å². The number of rotatable bonds is 3. The van der Waals surface area contributed by atoms with Gasteiger partial charge in [-0.05, 0) is 49.5 Å². The van der Waals surface area contributed by atoms with Crippen LogP contribution in [-0.2, 0) is 11.2 Å². The first-order valence-corrected chi connectivity index (χ1v) is 8.85. The molecule has 4 nitrogen and oxygen atoms in total.